The molecule has 7 nitrogen and oxygen atoms in total. The summed E-state index contributed by atoms with van der Waals surface area (Å²) in [5.41, 5.74) is 1.42. The van der Waals surface area contributed by atoms with Crippen LogP contribution in [-0.4, -0.2) is 59.1 Å². The average Bonchev–Trinajstić information content (AvgIpc) is 3.23. The van der Waals surface area contributed by atoms with E-state index >= 15 is 0 Å². The molecule has 1 fully saturated rings. The molecule has 0 spiro atoms. The van der Waals surface area contributed by atoms with Crippen LogP contribution >= 0.6 is 11.6 Å². The molecule has 2 heterocycles. The molecular weight excluding hydrogens is 392 g/mol. The van der Waals surface area contributed by atoms with E-state index in [1.54, 1.807) is 19.2 Å². The molecule has 2 aromatic carbocycles. The second-order valence-corrected chi connectivity index (χ2v) is 7.20. The lowest BCUT2D eigenvalue weighted by atomic mass is 10.2. The lowest BCUT2D eigenvalue weighted by Crippen LogP contribution is -2.48. The highest BCUT2D eigenvalue weighted by atomic mass is 35.5. The van der Waals surface area contributed by atoms with Gasteiger partial charge in [-0.2, -0.15) is 4.98 Å². The molecule has 0 radical (unpaired) electrons. The molecule has 0 aliphatic carbocycles. The summed E-state index contributed by atoms with van der Waals surface area (Å²) < 4.78 is 10.6. The zero-order valence-corrected chi connectivity index (χ0v) is 16.8. The third-order valence-electron chi connectivity index (χ3n) is 4.94. The standard InChI is InChI=1S/C21H21ClN4O3/c1-28-16-8-6-15(7-9-16)20-23-19(29-24-20)14-25-10-12-26(13-11-25)21(27)17-4-2-3-5-18(17)22/h2-9H,10-14H2,1H3. The molecule has 0 saturated carbocycles. The number of piperazine rings is 1. The van der Waals surface area contributed by atoms with Gasteiger partial charge in [0.05, 0.1) is 24.2 Å². The highest BCUT2D eigenvalue weighted by Gasteiger charge is 2.24. The van der Waals surface area contributed by atoms with Gasteiger partial charge >= 0.3 is 0 Å². The molecule has 1 aliphatic heterocycles. The highest BCUT2D eigenvalue weighted by Crippen LogP contribution is 2.21. The Balaban J connectivity index is 1.33. The van der Waals surface area contributed by atoms with Crippen molar-refractivity contribution in [2.24, 2.45) is 0 Å². The number of carbonyl (C=O) groups is 1. The Morgan fingerprint density at radius 3 is 2.52 bits per heavy atom. The minimum Gasteiger partial charge on any atom is -0.497 e. The molecule has 8 heteroatoms. The summed E-state index contributed by atoms with van der Waals surface area (Å²) in [6, 6.07) is 14.7. The third kappa shape index (κ3) is 4.41. The van der Waals surface area contributed by atoms with Crippen LogP contribution in [-0.2, 0) is 6.54 Å². The SMILES string of the molecule is COc1ccc(-c2noc(CN3CCN(C(=O)c4ccccc4Cl)CC3)n2)cc1. The van der Waals surface area contributed by atoms with Crippen molar-refractivity contribution in [2.75, 3.05) is 33.3 Å². The van der Waals surface area contributed by atoms with Crippen molar-refractivity contribution in [3.8, 4) is 17.1 Å². The van der Waals surface area contributed by atoms with Crippen LogP contribution in [0.3, 0.4) is 0 Å². The van der Waals surface area contributed by atoms with Gasteiger partial charge in [0, 0.05) is 31.7 Å². The number of ether oxygens (including phenoxy) is 1. The number of benzene rings is 2. The van der Waals surface area contributed by atoms with E-state index in [0.717, 1.165) is 24.4 Å². The van der Waals surface area contributed by atoms with E-state index in [0.29, 0.717) is 41.9 Å². The third-order valence-corrected chi connectivity index (χ3v) is 5.27. The first-order chi connectivity index (χ1) is 14.1. The van der Waals surface area contributed by atoms with E-state index in [-0.39, 0.29) is 5.91 Å². The van der Waals surface area contributed by atoms with Crippen molar-refractivity contribution >= 4 is 17.5 Å². The van der Waals surface area contributed by atoms with Gasteiger partial charge in [-0.3, -0.25) is 9.69 Å². The highest BCUT2D eigenvalue weighted by molar-refractivity contribution is 6.33. The van der Waals surface area contributed by atoms with Crippen molar-refractivity contribution in [3.05, 3.63) is 65.0 Å². The lowest BCUT2D eigenvalue weighted by molar-refractivity contribution is 0.0615. The second kappa shape index (κ2) is 8.63. The molecule has 1 aliphatic rings. The summed E-state index contributed by atoms with van der Waals surface area (Å²) in [6.45, 7) is 3.28. The van der Waals surface area contributed by atoms with Crippen molar-refractivity contribution < 1.29 is 14.1 Å². The van der Waals surface area contributed by atoms with Crippen LogP contribution in [0.15, 0.2) is 53.1 Å². The van der Waals surface area contributed by atoms with Crippen molar-refractivity contribution in [1.82, 2.24) is 19.9 Å². The maximum atomic E-state index is 12.7. The first-order valence-corrected chi connectivity index (χ1v) is 9.75. The topological polar surface area (TPSA) is 71.7 Å². The summed E-state index contributed by atoms with van der Waals surface area (Å²) in [7, 11) is 1.63. The van der Waals surface area contributed by atoms with Crippen LogP contribution in [0.25, 0.3) is 11.4 Å². The van der Waals surface area contributed by atoms with Crippen molar-refractivity contribution in [3.63, 3.8) is 0 Å². The van der Waals surface area contributed by atoms with Gasteiger partial charge in [0.25, 0.3) is 5.91 Å². The molecule has 0 atom stereocenters. The van der Waals surface area contributed by atoms with E-state index in [1.165, 1.54) is 0 Å². The van der Waals surface area contributed by atoms with E-state index in [2.05, 4.69) is 15.0 Å². The van der Waals surface area contributed by atoms with Crippen LogP contribution in [0, 0.1) is 0 Å². The van der Waals surface area contributed by atoms with Crippen LogP contribution in [0.4, 0.5) is 0 Å². The summed E-state index contributed by atoms with van der Waals surface area (Å²) in [5.74, 6) is 1.85. The van der Waals surface area contributed by atoms with Crippen LogP contribution in [0.1, 0.15) is 16.2 Å². The lowest BCUT2D eigenvalue weighted by Gasteiger charge is -2.34. The van der Waals surface area contributed by atoms with Crippen molar-refractivity contribution in [2.45, 2.75) is 6.54 Å². The molecule has 0 unspecified atom stereocenters. The summed E-state index contributed by atoms with van der Waals surface area (Å²) in [5, 5.41) is 4.55. The van der Waals surface area contributed by atoms with E-state index in [4.69, 9.17) is 20.9 Å². The summed E-state index contributed by atoms with van der Waals surface area (Å²) >= 11 is 6.15. The van der Waals surface area contributed by atoms with Gasteiger partial charge in [0.15, 0.2) is 0 Å². The zero-order valence-electron chi connectivity index (χ0n) is 16.0. The summed E-state index contributed by atoms with van der Waals surface area (Å²) in [6.07, 6.45) is 0. The minimum atomic E-state index is -0.0326. The number of halogens is 1. The Morgan fingerprint density at radius 2 is 1.83 bits per heavy atom. The quantitative estimate of drug-likeness (QED) is 0.640. The fourth-order valence-electron chi connectivity index (χ4n) is 3.28. The Morgan fingerprint density at radius 1 is 1.10 bits per heavy atom. The number of nitrogens with zero attached hydrogens (tertiary/aromatic N) is 4. The maximum Gasteiger partial charge on any atom is 0.255 e. The number of amides is 1. The normalized spacial score (nSPS) is 14.8. The number of aromatic nitrogens is 2. The Bertz CT molecular complexity index is 982. The summed E-state index contributed by atoms with van der Waals surface area (Å²) in [4.78, 5) is 21.2. The number of hydrogen-bond donors (Lipinski definition) is 0. The number of methoxy groups -OCH3 is 1. The van der Waals surface area contributed by atoms with Crippen LogP contribution < -0.4 is 4.74 Å². The first kappa shape index (κ1) is 19.4. The molecule has 1 aromatic heterocycles. The molecule has 150 valence electrons. The van der Waals surface area contributed by atoms with E-state index < -0.39 is 0 Å². The smallest absolute Gasteiger partial charge is 0.255 e. The monoisotopic (exact) mass is 412 g/mol. The van der Waals surface area contributed by atoms with Gasteiger partial charge in [-0.1, -0.05) is 28.9 Å². The van der Waals surface area contributed by atoms with Gasteiger partial charge in [-0.15, -0.1) is 0 Å². The number of hydrogen-bond acceptors (Lipinski definition) is 6. The predicted octanol–water partition coefficient (Wildman–Crippen LogP) is 3.36. The predicted molar refractivity (Wildman–Crippen MR) is 109 cm³/mol. The Hall–Kier alpha value is -2.90. The number of rotatable bonds is 5. The molecule has 4 rings (SSSR count). The van der Waals surface area contributed by atoms with Gasteiger partial charge in [0.2, 0.25) is 11.7 Å². The molecule has 3 aromatic rings. The Labute approximate surface area is 173 Å². The van der Waals surface area contributed by atoms with Gasteiger partial charge in [0.1, 0.15) is 5.75 Å². The zero-order chi connectivity index (χ0) is 20.2. The largest absolute Gasteiger partial charge is 0.497 e. The molecule has 1 saturated heterocycles. The second-order valence-electron chi connectivity index (χ2n) is 6.79. The molecule has 29 heavy (non-hydrogen) atoms. The molecular formula is C21H21ClN4O3. The van der Waals surface area contributed by atoms with Gasteiger partial charge in [-0.25, -0.2) is 0 Å². The Kier molecular flexibility index (Phi) is 5.78. The van der Waals surface area contributed by atoms with Gasteiger partial charge < -0.3 is 14.2 Å². The van der Waals surface area contributed by atoms with E-state index in [1.807, 2.05) is 41.3 Å². The van der Waals surface area contributed by atoms with Gasteiger partial charge in [-0.05, 0) is 36.4 Å². The van der Waals surface area contributed by atoms with Crippen molar-refractivity contribution in [1.29, 1.82) is 0 Å². The number of carbonyl (C=O) groups excluding carboxylic acids is 1. The fraction of sp³-hybridized carbons (Fsp3) is 0.286. The maximum absolute atomic E-state index is 12.7. The average molecular weight is 413 g/mol. The van der Waals surface area contributed by atoms with E-state index in [9.17, 15) is 4.79 Å². The molecule has 0 N–H and O–H groups in total. The van der Waals surface area contributed by atoms with Crippen LogP contribution in [0.2, 0.25) is 5.02 Å². The molecule has 0 bridgehead atoms. The fourth-order valence-corrected chi connectivity index (χ4v) is 3.50. The minimum absolute atomic E-state index is 0.0326. The first-order valence-electron chi connectivity index (χ1n) is 9.37. The van der Waals surface area contributed by atoms with Crippen LogP contribution in [0.5, 0.6) is 5.75 Å². The molecule has 1 amide bonds.